The first kappa shape index (κ1) is 19.7. The van der Waals surface area contributed by atoms with Gasteiger partial charge >= 0.3 is 5.69 Å². The number of ether oxygens (including phenoxy) is 1. The lowest BCUT2D eigenvalue weighted by Gasteiger charge is -2.16. The second kappa shape index (κ2) is 7.71. The molecule has 0 heterocycles. The highest BCUT2D eigenvalue weighted by Gasteiger charge is 2.18. The Morgan fingerprint density at radius 1 is 1.23 bits per heavy atom. The zero-order valence-corrected chi connectivity index (χ0v) is 15.5. The molecule has 0 aliphatic rings. The molecule has 0 radical (unpaired) electrons. The summed E-state index contributed by atoms with van der Waals surface area (Å²) in [7, 11) is -2.00. The van der Waals surface area contributed by atoms with Gasteiger partial charge in [-0.1, -0.05) is 11.6 Å². The average Bonchev–Trinajstić information content (AvgIpc) is 2.59. The fraction of sp³-hybridized carbons (Fsp3) is 0.188. The normalized spacial score (nSPS) is 11.0. The molecule has 0 amide bonds. The molecule has 0 bridgehead atoms. The molecular formula is C16H15ClN2O6S. The maximum atomic E-state index is 12.2. The minimum Gasteiger partial charge on any atom is -0.478 e. The third kappa shape index (κ3) is 4.70. The van der Waals surface area contributed by atoms with Crippen molar-refractivity contribution in [2.75, 3.05) is 24.2 Å². The highest BCUT2D eigenvalue weighted by atomic mass is 35.5. The molecule has 26 heavy (non-hydrogen) atoms. The molecule has 138 valence electrons. The molecule has 2 aromatic carbocycles. The van der Waals surface area contributed by atoms with Gasteiger partial charge in [0.2, 0.25) is 10.0 Å². The molecule has 0 fully saturated rings. The molecule has 0 aliphatic heterocycles. The molecule has 0 atom stereocenters. The van der Waals surface area contributed by atoms with Crippen molar-refractivity contribution in [1.82, 2.24) is 0 Å². The maximum Gasteiger partial charge on any atom is 0.312 e. The molecule has 0 aliphatic carbocycles. The van der Waals surface area contributed by atoms with Crippen LogP contribution in [-0.2, 0) is 10.0 Å². The van der Waals surface area contributed by atoms with Crippen LogP contribution in [0.5, 0.6) is 5.75 Å². The van der Waals surface area contributed by atoms with Gasteiger partial charge in [-0.15, -0.1) is 0 Å². The van der Waals surface area contributed by atoms with E-state index in [1.807, 2.05) is 0 Å². The largest absolute Gasteiger partial charge is 0.478 e. The van der Waals surface area contributed by atoms with Gasteiger partial charge in [-0.2, -0.15) is 0 Å². The topological polar surface area (TPSA) is 107 Å². The van der Waals surface area contributed by atoms with Crippen LogP contribution in [0.4, 0.5) is 11.4 Å². The highest BCUT2D eigenvalue weighted by Crippen LogP contribution is 2.30. The van der Waals surface area contributed by atoms with Crippen LogP contribution in [0.15, 0.2) is 42.5 Å². The van der Waals surface area contributed by atoms with Gasteiger partial charge in [0.25, 0.3) is 0 Å². The van der Waals surface area contributed by atoms with Gasteiger partial charge in [0.1, 0.15) is 0 Å². The number of sulfonamides is 1. The van der Waals surface area contributed by atoms with Crippen molar-refractivity contribution >= 4 is 38.8 Å². The van der Waals surface area contributed by atoms with E-state index in [4.69, 9.17) is 16.3 Å². The van der Waals surface area contributed by atoms with Gasteiger partial charge in [0, 0.05) is 23.7 Å². The van der Waals surface area contributed by atoms with E-state index < -0.39 is 27.3 Å². The molecule has 0 aromatic heterocycles. The summed E-state index contributed by atoms with van der Waals surface area (Å²) in [6.07, 6.45) is 1.07. The predicted molar refractivity (Wildman–Crippen MR) is 97.6 cm³/mol. The Balaban J connectivity index is 2.11. The second-order valence-corrected chi connectivity index (χ2v) is 7.81. The number of nitrogens with zero attached hydrogens (tertiary/aromatic N) is 2. The Morgan fingerprint density at radius 2 is 1.85 bits per heavy atom. The SMILES string of the molecule is CN(c1ccc(C(=O)COc2ccc(Cl)cc2[N+](=O)[O-])cc1)S(C)(=O)=O. The summed E-state index contributed by atoms with van der Waals surface area (Å²) in [4.78, 5) is 22.5. The van der Waals surface area contributed by atoms with E-state index in [0.29, 0.717) is 5.69 Å². The number of carbonyl (C=O) groups excluding carboxylic acids is 1. The number of nitro benzene ring substituents is 1. The Kier molecular flexibility index (Phi) is 5.83. The van der Waals surface area contributed by atoms with Gasteiger partial charge < -0.3 is 4.74 Å². The third-order valence-corrected chi connectivity index (χ3v) is 4.97. The summed E-state index contributed by atoms with van der Waals surface area (Å²) in [6, 6.07) is 9.76. The van der Waals surface area contributed by atoms with Crippen molar-refractivity contribution in [1.29, 1.82) is 0 Å². The van der Waals surface area contributed by atoms with Gasteiger partial charge in [-0.3, -0.25) is 19.2 Å². The third-order valence-electron chi connectivity index (χ3n) is 3.53. The Labute approximate surface area is 155 Å². The molecule has 0 N–H and O–H groups in total. The van der Waals surface area contributed by atoms with Crippen LogP contribution in [0.1, 0.15) is 10.4 Å². The van der Waals surface area contributed by atoms with E-state index in [-0.39, 0.29) is 22.0 Å². The lowest BCUT2D eigenvalue weighted by molar-refractivity contribution is -0.385. The number of halogens is 1. The van der Waals surface area contributed by atoms with Crippen LogP contribution in [0.2, 0.25) is 5.02 Å². The van der Waals surface area contributed by atoms with Crippen molar-refractivity contribution in [2.24, 2.45) is 0 Å². The van der Waals surface area contributed by atoms with Crippen LogP contribution in [0, 0.1) is 10.1 Å². The molecule has 8 nitrogen and oxygen atoms in total. The zero-order chi connectivity index (χ0) is 19.5. The minimum atomic E-state index is -3.40. The monoisotopic (exact) mass is 398 g/mol. The Bertz CT molecular complexity index is 944. The summed E-state index contributed by atoms with van der Waals surface area (Å²) in [5.41, 5.74) is 0.348. The fourth-order valence-corrected chi connectivity index (χ4v) is 2.70. The van der Waals surface area contributed by atoms with E-state index in [9.17, 15) is 23.3 Å². The molecule has 10 heteroatoms. The summed E-state index contributed by atoms with van der Waals surface area (Å²) in [5, 5.41) is 11.2. The number of anilines is 1. The van der Waals surface area contributed by atoms with Crippen LogP contribution in [0.3, 0.4) is 0 Å². The summed E-state index contributed by atoms with van der Waals surface area (Å²) in [5.74, 6) is -0.482. The van der Waals surface area contributed by atoms with Gasteiger partial charge in [0.15, 0.2) is 18.1 Å². The number of benzene rings is 2. The molecule has 0 unspecified atom stereocenters. The molecular weight excluding hydrogens is 384 g/mol. The van der Waals surface area contributed by atoms with Crippen molar-refractivity contribution < 1.29 is 22.9 Å². The molecule has 0 saturated carbocycles. The molecule has 0 spiro atoms. The van der Waals surface area contributed by atoms with Gasteiger partial charge in [0.05, 0.1) is 16.9 Å². The average molecular weight is 399 g/mol. The number of rotatable bonds is 7. The molecule has 0 saturated heterocycles. The van der Waals surface area contributed by atoms with Crippen molar-refractivity contribution in [3.63, 3.8) is 0 Å². The van der Waals surface area contributed by atoms with E-state index in [1.165, 1.54) is 43.4 Å². The minimum absolute atomic E-state index is 0.0684. The Hall–Kier alpha value is -2.65. The number of hydrogen-bond donors (Lipinski definition) is 0. The first-order valence-electron chi connectivity index (χ1n) is 7.23. The number of hydrogen-bond acceptors (Lipinski definition) is 6. The standard InChI is InChI=1S/C16H15ClN2O6S/c1-18(26(2,23)24)13-6-3-11(4-7-13)15(20)10-25-16-8-5-12(17)9-14(16)19(21)22/h3-9H,10H2,1-2H3. The second-order valence-electron chi connectivity index (χ2n) is 5.36. The van der Waals surface area contributed by atoms with E-state index in [1.54, 1.807) is 0 Å². The van der Waals surface area contributed by atoms with E-state index in [0.717, 1.165) is 16.6 Å². The number of carbonyl (C=O) groups is 1. The lowest BCUT2D eigenvalue weighted by atomic mass is 10.1. The van der Waals surface area contributed by atoms with E-state index in [2.05, 4.69) is 0 Å². The smallest absolute Gasteiger partial charge is 0.312 e. The van der Waals surface area contributed by atoms with Crippen molar-refractivity contribution in [3.8, 4) is 5.75 Å². The molecule has 2 rings (SSSR count). The Morgan fingerprint density at radius 3 is 2.38 bits per heavy atom. The maximum absolute atomic E-state index is 12.2. The van der Waals surface area contributed by atoms with Crippen LogP contribution in [0.25, 0.3) is 0 Å². The lowest BCUT2D eigenvalue weighted by Crippen LogP contribution is -2.24. The summed E-state index contributed by atoms with van der Waals surface area (Å²) >= 11 is 5.72. The number of Topliss-reactive ketones (excluding diaryl/α,β-unsaturated/α-hetero) is 1. The van der Waals surface area contributed by atoms with Gasteiger partial charge in [-0.05, 0) is 36.4 Å². The predicted octanol–water partition coefficient (Wildman–Crippen LogP) is 2.91. The first-order valence-corrected chi connectivity index (χ1v) is 9.46. The summed E-state index contributed by atoms with van der Waals surface area (Å²) in [6.45, 7) is -0.413. The van der Waals surface area contributed by atoms with Crippen LogP contribution < -0.4 is 9.04 Å². The fourth-order valence-electron chi connectivity index (χ4n) is 2.03. The zero-order valence-electron chi connectivity index (χ0n) is 13.9. The number of ketones is 1. The summed E-state index contributed by atoms with van der Waals surface area (Å²) < 4.78 is 29.3. The van der Waals surface area contributed by atoms with Gasteiger partial charge in [-0.25, -0.2) is 8.42 Å². The van der Waals surface area contributed by atoms with E-state index >= 15 is 0 Å². The first-order chi connectivity index (χ1) is 12.1. The highest BCUT2D eigenvalue weighted by molar-refractivity contribution is 7.92. The van der Waals surface area contributed by atoms with Crippen LogP contribution >= 0.6 is 11.6 Å². The molecule has 2 aromatic rings. The van der Waals surface area contributed by atoms with Crippen molar-refractivity contribution in [3.05, 3.63) is 63.2 Å². The quantitative estimate of drug-likeness (QED) is 0.403. The van der Waals surface area contributed by atoms with Crippen LogP contribution in [-0.4, -0.2) is 39.0 Å². The van der Waals surface area contributed by atoms with Crippen molar-refractivity contribution in [2.45, 2.75) is 0 Å². The number of nitro groups is 1.